The summed E-state index contributed by atoms with van der Waals surface area (Å²) in [4.78, 5) is 25.8. The van der Waals surface area contributed by atoms with Gasteiger partial charge in [0.05, 0.1) is 24.3 Å². The Morgan fingerprint density at radius 2 is 2.18 bits per heavy atom. The number of fused-ring (bicyclic) bond motifs is 1. The normalized spacial score (nSPS) is 24.7. The van der Waals surface area contributed by atoms with Gasteiger partial charge in [-0.15, -0.1) is 0 Å². The van der Waals surface area contributed by atoms with Crippen molar-refractivity contribution in [1.82, 2.24) is 14.3 Å². The Morgan fingerprint density at radius 1 is 1.39 bits per heavy atom. The number of hydrogen-bond donors (Lipinski definition) is 1. The Kier molecular flexibility index (Phi) is 5.88. The van der Waals surface area contributed by atoms with Crippen LogP contribution < -0.4 is 5.73 Å². The van der Waals surface area contributed by atoms with Crippen molar-refractivity contribution in [3.05, 3.63) is 58.4 Å². The molecule has 0 aromatic carbocycles. The van der Waals surface area contributed by atoms with Gasteiger partial charge in [-0.1, -0.05) is 0 Å². The van der Waals surface area contributed by atoms with E-state index in [9.17, 15) is 13.4 Å². The summed E-state index contributed by atoms with van der Waals surface area (Å²) in [6, 6.07) is 6.22. The smallest absolute Gasteiger partial charge is 0.204 e. The number of carbonyl (C=O) groups excluding carboxylic acids is 1. The lowest BCUT2D eigenvalue weighted by Gasteiger charge is -2.37. The number of aromatic nitrogens is 2. The number of pyridine rings is 2. The SMILES string of the molecule is Cc1cc(C#N)cnc1C(=O)Cc1ccc(F)c([C@]2(C)C[S@@]3(=O)=NCCCCN3C(N)=N2)n1. The number of nitriles is 1. The van der Waals surface area contributed by atoms with Crippen LogP contribution in [0.15, 0.2) is 33.8 Å². The number of halogens is 1. The Balaban J connectivity index is 1.68. The lowest BCUT2D eigenvalue weighted by atomic mass is 9.98. The molecular formula is C22H24FN7O2S. The van der Waals surface area contributed by atoms with Gasteiger partial charge in [0.1, 0.15) is 38.7 Å². The first-order valence-electron chi connectivity index (χ1n) is 10.5. The summed E-state index contributed by atoms with van der Waals surface area (Å²) >= 11 is 0. The van der Waals surface area contributed by atoms with Crippen LogP contribution in [0.25, 0.3) is 0 Å². The van der Waals surface area contributed by atoms with Crippen LogP contribution in [0.5, 0.6) is 0 Å². The number of nitrogens with zero attached hydrogens (tertiary/aromatic N) is 6. The minimum Gasteiger partial charge on any atom is -0.369 e. The van der Waals surface area contributed by atoms with Gasteiger partial charge in [0.2, 0.25) is 5.96 Å². The predicted octanol–water partition coefficient (Wildman–Crippen LogP) is 2.24. The standard InChI is InChI=1S/C22H24FN7O2S/c1-14-9-15(11-24)12-26-19(14)18(31)10-16-5-6-17(23)20(28-16)22(2)13-33(32)27-7-3-4-8-30(33)21(25)29-22/h5-6,9,12H,3-4,7-8,10,13H2,1-2H3,(H2,25,29)/t22-,33+/m0/s1. The van der Waals surface area contributed by atoms with E-state index >= 15 is 0 Å². The first-order valence-corrected chi connectivity index (χ1v) is 12.2. The number of rotatable bonds is 4. The Labute approximate surface area is 191 Å². The van der Waals surface area contributed by atoms with E-state index in [1.165, 1.54) is 22.6 Å². The van der Waals surface area contributed by atoms with E-state index in [2.05, 4.69) is 19.3 Å². The molecular weight excluding hydrogens is 445 g/mol. The van der Waals surface area contributed by atoms with Gasteiger partial charge in [0.15, 0.2) is 5.78 Å². The number of hydrogen-bond acceptors (Lipinski definition) is 8. The molecule has 2 N–H and O–H groups in total. The molecule has 33 heavy (non-hydrogen) atoms. The molecule has 11 heteroatoms. The third-order valence-corrected chi connectivity index (χ3v) is 8.30. The second-order valence-corrected chi connectivity index (χ2v) is 10.6. The molecule has 172 valence electrons. The second kappa shape index (κ2) is 8.51. The van der Waals surface area contributed by atoms with Crippen molar-refractivity contribution < 1.29 is 13.4 Å². The largest absolute Gasteiger partial charge is 0.369 e. The van der Waals surface area contributed by atoms with Crippen LogP contribution in [0, 0.1) is 24.1 Å². The van der Waals surface area contributed by atoms with Gasteiger partial charge < -0.3 is 5.73 Å². The van der Waals surface area contributed by atoms with Gasteiger partial charge in [0, 0.05) is 18.4 Å². The average Bonchev–Trinajstić information content (AvgIpc) is 2.95. The molecule has 0 unspecified atom stereocenters. The van der Waals surface area contributed by atoms with Crippen LogP contribution >= 0.6 is 0 Å². The fourth-order valence-corrected chi connectivity index (χ4v) is 6.62. The minimum atomic E-state index is -2.89. The van der Waals surface area contributed by atoms with Crippen LogP contribution in [-0.4, -0.2) is 49.1 Å². The van der Waals surface area contributed by atoms with Crippen LogP contribution in [0.4, 0.5) is 4.39 Å². The Morgan fingerprint density at radius 3 is 2.91 bits per heavy atom. The van der Waals surface area contributed by atoms with E-state index < -0.39 is 21.3 Å². The fraction of sp³-hybridized carbons (Fsp3) is 0.409. The molecule has 2 aliphatic rings. The summed E-state index contributed by atoms with van der Waals surface area (Å²) in [5.74, 6) is -0.921. The van der Waals surface area contributed by atoms with Crippen molar-refractivity contribution in [2.75, 3.05) is 18.8 Å². The first-order chi connectivity index (χ1) is 15.6. The molecule has 9 nitrogen and oxygen atoms in total. The topological polar surface area (TPSA) is 138 Å². The van der Waals surface area contributed by atoms with Gasteiger partial charge in [-0.05, 0) is 50.5 Å². The van der Waals surface area contributed by atoms with E-state index in [1.807, 2.05) is 6.07 Å². The molecule has 4 rings (SSSR count). The zero-order chi connectivity index (χ0) is 23.8. The maximum atomic E-state index is 14.9. The number of aliphatic imine (C=N–C) groups is 1. The minimum absolute atomic E-state index is 0.0259. The highest BCUT2D eigenvalue weighted by Crippen LogP contribution is 2.34. The van der Waals surface area contributed by atoms with Gasteiger partial charge in [-0.25, -0.2) is 18.0 Å². The molecule has 2 aliphatic heterocycles. The molecule has 0 bridgehead atoms. The summed E-state index contributed by atoms with van der Waals surface area (Å²) in [6.07, 6.45) is 2.81. The summed E-state index contributed by atoms with van der Waals surface area (Å²) in [5.41, 5.74) is 6.31. The number of nitrogens with two attached hydrogens (primary N) is 1. The van der Waals surface area contributed by atoms with E-state index in [-0.39, 0.29) is 35.3 Å². The third-order valence-electron chi connectivity index (χ3n) is 5.72. The zero-order valence-electron chi connectivity index (χ0n) is 18.4. The van der Waals surface area contributed by atoms with Crippen LogP contribution in [0.2, 0.25) is 0 Å². The lowest BCUT2D eigenvalue weighted by Crippen LogP contribution is -2.52. The molecule has 0 aliphatic carbocycles. The van der Waals surface area contributed by atoms with Crippen LogP contribution in [0.3, 0.4) is 0 Å². The number of ketones is 1. The molecule has 0 fully saturated rings. The molecule has 0 saturated carbocycles. The summed E-state index contributed by atoms with van der Waals surface area (Å²) in [6.45, 7) is 4.26. The molecule has 2 aromatic heterocycles. The van der Waals surface area contributed by atoms with E-state index in [0.29, 0.717) is 29.9 Å². The van der Waals surface area contributed by atoms with Crippen molar-refractivity contribution in [2.45, 2.75) is 38.6 Å². The zero-order valence-corrected chi connectivity index (χ0v) is 19.2. The molecule has 0 radical (unpaired) electrons. The molecule has 2 aromatic rings. The lowest BCUT2D eigenvalue weighted by molar-refractivity contribution is 0.0986. The maximum absolute atomic E-state index is 14.9. The first kappa shape index (κ1) is 22.8. The number of aryl methyl sites for hydroxylation is 1. The highest BCUT2D eigenvalue weighted by atomic mass is 32.2. The van der Waals surface area contributed by atoms with Gasteiger partial charge in [-0.2, -0.15) is 5.26 Å². The number of guanidine groups is 1. The number of Topliss-reactive ketones (excluding diaryl/α,β-unsaturated/α-hetero) is 1. The van der Waals surface area contributed by atoms with Crippen LogP contribution in [0.1, 0.15) is 52.8 Å². The molecule has 0 amide bonds. The fourth-order valence-electron chi connectivity index (χ4n) is 4.13. The summed E-state index contributed by atoms with van der Waals surface area (Å²) < 4.78 is 34.4. The Bertz CT molecular complexity index is 1330. The summed E-state index contributed by atoms with van der Waals surface area (Å²) in [5, 5.41) is 8.99. The van der Waals surface area contributed by atoms with Gasteiger partial charge in [0.25, 0.3) is 0 Å². The van der Waals surface area contributed by atoms with E-state index in [0.717, 1.165) is 12.8 Å². The van der Waals surface area contributed by atoms with Crippen molar-refractivity contribution in [3.8, 4) is 6.07 Å². The molecule has 0 spiro atoms. The highest BCUT2D eigenvalue weighted by Gasteiger charge is 2.43. The molecule has 4 heterocycles. The monoisotopic (exact) mass is 469 g/mol. The van der Waals surface area contributed by atoms with E-state index in [4.69, 9.17) is 11.0 Å². The maximum Gasteiger partial charge on any atom is 0.204 e. The average molecular weight is 470 g/mol. The van der Waals surface area contributed by atoms with Gasteiger partial charge in [-0.3, -0.25) is 19.1 Å². The van der Waals surface area contributed by atoms with Crippen molar-refractivity contribution >= 4 is 21.7 Å². The summed E-state index contributed by atoms with van der Waals surface area (Å²) in [7, 11) is -2.89. The van der Waals surface area contributed by atoms with Crippen LogP contribution in [-0.2, 0) is 21.9 Å². The van der Waals surface area contributed by atoms with Crippen molar-refractivity contribution in [1.29, 1.82) is 5.26 Å². The molecule has 0 saturated heterocycles. The van der Waals surface area contributed by atoms with Crippen molar-refractivity contribution in [2.24, 2.45) is 15.1 Å². The predicted molar refractivity (Wildman–Crippen MR) is 121 cm³/mol. The third kappa shape index (κ3) is 4.30. The second-order valence-electron chi connectivity index (χ2n) is 8.39. The van der Waals surface area contributed by atoms with E-state index in [1.54, 1.807) is 19.9 Å². The quantitative estimate of drug-likeness (QED) is 0.682. The number of carbonyl (C=O) groups is 1. The highest BCUT2D eigenvalue weighted by molar-refractivity contribution is 7.92. The van der Waals surface area contributed by atoms with Gasteiger partial charge >= 0.3 is 0 Å². The van der Waals surface area contributed by atoms with Crippen molar-refractivity contribution in [3.63, 3.8) is 0 Å². The Hall–Kier alpha value is -3.39. The molecule has 2 atom stereocenters.